The maximum absolute atomic E-state index is 13.5. The van der Waals surface area contributed by atoms with Gasteiger partial charge in [0.05, 0.1) is 22.4 Å². The molecule has 13 nitrogen and oxygen atoms in total. The third-order valence-corrected chi connectivity index (χ3v) is 12.2. The summed E-state index contributed by atoms with van der Waals surface area (Å²) in [5.41, 5.74) is 5.82. The van der Waals surface area contributed by atoms with Crippen LogP contribution in [0.4, 0.5) is 11.4 Å². The number of carbonyl (C=O) groups excluding carboxylic acids is 2. The molecular weight excluding hydrogens is 721 g/mol. The van der Waals surface area contributed by atoms with Crippen LogP contribution in [0, 0.1) is 10.1 Å². The molecule has 2 amide bonds. The highest BCUT2D eigenvalue weighted by atomic mass is 32.2. The fourth-order valence-corrected chi connectivity index (χ4v) is 8.97. The van der Waals surface area contributed by atoms with Crippen molar-refractivity contribution in [3.63, 3.8) is 0 Å². The van der Waals surface area contributed by atoms with Crippen LogP contribution in [0.3, 0.4) is 0 Å². The maximum atomic E-state index is 13.5. The molecular formula is C41H48N6O7S. The summed E-state index contributed by atoms with van der Waals surface area (Å²) in [6.07, 6.45) is 12.2. The Labute approximate surface area is 321 Å². The first-order valence-electron chi connectivity index (χ1n) is 19.1. The Balaban J connectivity index is 1.22. The van der Waals surface area contributed by atoms with Crippen molar-refractivity contribution in [3.8, 4) is 17.0 Å². The number of benzene rings is 3. The van der Waals surface area contributed by atoms with Crippen LogP contribution in [0.1, 0.15) is 72.3 Å². The van der Waals surface area contributed by atoms with Gasteiger partial charge in [-0.05, 0) is 85.2 Å². The Morgan fingerprint density at radius 3 is 2.24 bits per heavy atom. The highest BCUT2D eigenvalue weighted by Crippen LogP contribution is 2.44. The highest BCUT2D eigenvalue weighted by molar-refractivity contribution is 7.88. The predicted octanol–water partition coefficient (Wildman–Crippen LogP) is 6.12. The molecule has 0 atom stereocenters. The van der Waals surface area contributed by atoms with Crippen LogP contribution in [0.5, 0.6) is 5.75 Å². The van der Waals surface area contributed by atoms with Crippen molar-refractivity contribution in [2.24, 2.45) is 0 Å². The first kappa shape index (κ1) is 38.1. The van der Waals surface area contributed by atoms with Gasteiger partial charge in [0.15, 0.2) is 0 Å². The molecule has 1 saturated heterocycles. The minimum absolute atomic E-state index is 0.0515. The number of nitrogens with zero attached hydrogens (tertiary/aromatic N) is 4. The normalized spacial score (nSPS) is 18.7. The van der Waals surface area contributed by atoms with Crippen molar-refractivity contribution in [2.45, 2.75) is 64.0 Å². The smallest absolute Gasteiger partial charge is 0.269 e. The molecule has 14 heteroatoms. The van der Waals surface area contributed by atoms with E-state index in [4.69, 9.17) is 4.74 Å². The zero-order valence-corrected chi connectivity index (χ0v) is 32.0. The summed E-state index contributed by atoms with van der Waals surface area (Å²) in [5, 5.41) is 18.9. The van der Waals surface area contributed by atoms with E-state index >= 15 is 0 Å². The molecule has 1 aliphatic carbocycles. The van der Waals surface area contributed by atoms with Gasteiger partial charge < -0.3 is 24.8 Å². The van der Waals surface area contributed by atoms with Gasteiger partial charge in [-0.1, -0.05) is 37.5 Å². The van der Waals surface area contributed by atoms with Crippen molar-refractivity contribution in [1.29, 1.82) is 0 Å². The number of nitro benzene ring substituents is 1. The fourth-order valence-electron chi connectivity index (χ4n) is 8.14. The summed E-state index contributed by atoms with van der Waals surface area (Å²) in [5.74, 6) is 0.623. The van der Waals surface area contributed by atoms with Crippen LogP contribution < -0.4 is 20.3 Å². The van der Waals surface area contributed by atoms with Crippen LogP contribution in [0.15, 0.2) is 72.8 Å². The number of sulfonamides is 1. The average molecular weight is 769 g/mol. The standard InChI is InChI=1S/C41H48N6O7S/c1-55(52,53)45-23-21-44(22-24-45)36-18-14-33(47(50)51)25-32(36)28-54-34-15-11-30(12-16-34)40-39(29-9-5-4-6-10-29)35-17-13-31-26-37(35)46(40)27-38(48)42-19-7-2-3-8-20-43-41(31)49/h2-3,11-18,25-26,29H,4-10,19-24,27-28H2,1H3,(H,42,48)(H,43,49)/b3-2+. The van der Waals surface area contributed by atoms with E-state index < -0.39 is 14.9 Å². The SMILES string of the molecule is CS(=O)(=O)N1CCN(c2ccc([N+](=O)[O-])cc2COc2ccc(-c3c(C4CCCCC4)c4ccc5cc4n3CC(=O)NCC/C=C/CCNC5=O)cc2)CC1. The Hall–Kier alpha value is -5.21. The van der Waals surface area contributed by atoms with E-state index in [1.807, 2.05) is 59.5 Å². The summed E-state index contributed by atoms with van der Waals surface area (Å²) in [6.45, 7) is 2.76. The lowest BCUT2D eigenvalue weighted by Crippen LogP contribution is -2.48. The molecule has 3 heterocycles. The molecule has 290 valence electrons. The second kappa shape index (κ2) is 16.7. The number of piperazine rings is 1. The van der Waals surface area contributed by atoms with E-state index in [1.165, 1.54) is 34.7 Å². The molecule has 0 radical (unpaired) electrons. The highest BCUT2D eigenvalue weighted by Gasteiger charge is 2.29. The predicted molar refractivity (Wildman–Crippen MR) is 213 cm³/mol. The van der Waals surface area contributed by atoms with Crippen LogP contribution >= 0.6 is 0 Å². The third-order valence-electron chi connectivity index (χ3n) is 10.9. The number of hydrogen-bond donors (Lipinski definition) is 2. The van der Waals surface area contributed by atoms with Gasteiger partial charge in [-0.25, -0.2) is 8.42 Å². The largest absolute Gasteiger partial charge is 0.489 e. The summed E-state index contributed by atoms with van der Waals surface area (Å²) >= 11 is 0. The minimum Gasteiger partial charge on any atom is -0.489 e. The van der Waals surface area contributed by atoms with Crippen LogP contribution in [-0.4, -0.2) is 79.6 Å². The number of aromatic nitrogens is 1. The summed E-state index contributed by atoms with van der Waals surface area (Å²) in [4.78, 5) is 40.1. The zero-order chi connectivity index (χ0) is 38.5. The van der Waals surface area contributed by atoms with Crippen LogP contribution in [0.25, 0.3) is 22.2 Å². The number of fused-ring (bicyclic) bond motifs is 1. The molecule has 1 saturated carbocycles. The molecule has 0 unspecified atom stereocenters. The van der Waals surface area contributed by atoms with Gasteiger partial charge in [0, 0.05) is 73.6 Å². The van der Waals surface area contributed by atoms with Crippen molar-refractivity contribution < 1.29 is 27.7 Å². The van der Waals surface area contributed by atoms with Gasteiger partial charge in [-0.2, -0.15) is 4.31 Å². The number of carbonyl (C=O) groups is 2. The van der Waals surface area contributed by atoms with Crippen LogP contribution in [0.2, 0.25) is 0 Å². The summed E-state index contributed by atoms with van der Waals surface area (Å²) < 4.78 is 33.9. The van der Waals surface area contributed by atoms with Crippen molar-refractivity contribution in [3.05, 3.63) is 99.6 Å². The summed E-state index contributed by atoms with van der Waals surface area (Å²) in [6, 6.07) is 18.3. The lowest BCUT2D eigenvalue weighted by Gasteiger charge is -2.35. The number of nitro groups is 1. The molecule has 2 fully saturated rings. The monoisotopic (exact) mass is 768 g/mol. The van der Waals surface area contributed by atoms with E-state index in [-0.39, 0.29) is 30.7 Å². The second-order valence-electron chi connectivity index (χ2n) is 14.6. The van der Waals surface area contributed by atoms with Crippen molar-refractivity contribution >= 4 is 44.1 Å². The first-order valence-corrected chi connectivity index (χ1v) is 21.0. The fraction of sp³-hybridized carbons (Fsp3) is 0.415. The van der Waals surface area contributed by atoms with Gasteiger partial charge >= 0.3 is 0 Å². The molecule has 0 spiro atoms. The molecule has 55 heavy (non-hydrogen) atoms. The van der Waals surface area contributed by atoms with Gasteiger partial charge in [0.25, 0.3) is 11.6 Å². The molecule has 3 aromatic carbocycles. The van der Waals surface area contributed by atoms with E-state index in [9.17, 15) is 28.1 Å². The number of ether oxygens (including phenoxy) is 1. The van der Waals surface area contributed by atoms with Gasteiger partial charge in [-0.15, -0.1) is 0 Å². The van der Waals surface area contributed by atoms with Crippen molar-refractivity contribution in [1.82, 2.24) is 19.5 Å². The average Bonchev–Trinajstić information content (AvgIpc) is 3.50. The number of hydrogen-bond acceptors (Lipinski definition) is 8. The Kier molecular flexibility index (Phi) is 11.5. The Morgan fingerprint density at radius 1 is 0.855 bits per heavy atom. The number of anilines is 1. The lowest BCUT2D eigenvalue weighted by molar-refractivity contribution is -0.384. The maximum Gasteiger partial charge on any atom is 0.269 e. The lowest BCUT2D eigenvalue weighted by atomic mass is 9.81. The van der Waals surface area contributed by atoms with Gasteiger partial charge in [-0.3, -0.25) is 19.7 Å². The third kappa shape index (κ3) is 8.70. The first-order chi connectivity index (χ1) is 26.6. The molecule has 2 N–H and O–H groups in total. The summed E-state index contributed by atoms with van der Waals surface area (Å²) in [7, 11) is -3.31. The second-order valence-corrected chi connectivity index (χ2v) is 16.6. The molecule has 7 rings (SSSR count). The minimum atomic E-state index is -3.31. The molecule has 3 aliphatic rings. The zero-order valence-electron chi connectivity index (χ0n) is 31.2. The van der Waals surface area contributed by atoms with E-state index in [1.54, 1.807) is 6.07 Å². The Bertz CT molecular complexity index is 2200. The number of non-ortho nitro benzene ring substituents is 1. The molecule has 2 aliphatic heterocycles. The van der Waals surface area contributed by atoms with Crippen molar-refractivity contribution in [2.75, 3.05) is 50.4 Å². The van der Waals surface area contributed by atoms with Crippen LogP contribution in [-0.2, 0) is 28.0 Å². The van der Waals surface area contributed by atoms with E-state index in [0.29, 0.717) is 74.9 Å². The van der Waals surface area contributed by atoms with E-state index in [2.05, 4.69) is 15.2 Å². The van der Waals surface area contributed by atoms with Gasteiger partial charge in [0.1, 0.15) is 18.9 Å². The number of amides is 2. The van der Waals surface area contributed by atoms with Gasteiger partial charge in [0.2, 0.25) is 15.9 Å². The quantitative estimate of drug-likeness (QED) is 0.123. The van der Waals surface area contributed by atoms with E-state index in [0.717, 1.165) is 53.5 Å². The number of nitrogens with one attached hydrogen (secondary N) is 2. The Morgan fingerprint density at radius 2 is 1.55 bits per heavy atom. The molecule has 2 bridgehead atoms. The topological polar surface area (TPSA) is 156 Å². The number of rotatable bonds is 8. The molecule has 4 aromatic rings. The molecule has 1 aromatic heterocycles.